The van der Waals surface area contributed by atoms with Gasteiger partial charge in [0.25, 0.3) is 0 Å². The van der Waals surface area contributed by atoms with E-state index in [9.17, 15) is 61.0 Å². The van der Waals surface area contributed by atoms with Gasteiger partial charge in [-0.2, -0.15) is 0 Å². The second kappa shape index (κ2) is 32.4. The third-order valence-electron chi connectivity index (χ3n) is 12.6. The predicted octanol–water partition coefficient (Wildman–Crippen LogP) is 0.695. The molecule has 3 fully saturated rings. The Morgan fingerprint density at radius 1 is 0.538 bits per heavy atom. The molecule has 0 spiro atoms. The zero-order valence-electron chi connectivity index (χ0n) is 38.7. The molecule has 0 saturated carbocycles. The molecular formula is C46H85NO18. The monoisotopic (exact) mass is 940 g/mol. The van der Waals surface area contributed by atoms with Gasteiger partial charge >= 0.3 is 0 Å². The Balaban J connectivity index is 1.54. The molecule has 0 aromatic carbocycles. The van der Waals surface area contributed by atoms with Gasteiger partial charge in [-0.25, -0.2) is 0 Å². The molecule has 0 aromatic rings. The number of nitrogens with one attached hydrogen (secondary N) is 1. The number of hydrogen-bond donors (Lipinski definition) is 12. The van der Waals surface area contributed by atoms with Crippen LogP contribution in [0.2, 0.25) is 0 Å². The average molecular weight is 940 g/mol. The third-order valence-corrected chi connectivity index (χ3v) is 12.6. The van der Waals surface area contributed by atoms with Crippen LogP contribution in [0.3, 0.4) is 0 Å². The first kappa shape index (κ1) is 57.8. The number of allylic oxidation sites excluding steroid dienone is 1. The van der Waals surface area contributed by atoms with E-state index in [1.807, 2.05) is 6.08 Å². The van der Waals surface area contributed by atoms with E-state index in [4.69, 9.17) is 28.4 Å². The number of carbonyl (C=O) groups excluding carboxylic acids is 1. The minimum absolute atomic E-state index is 0.246. The van der Waals surface area contributed by atoms with Crippen LogP contribution in [-0.4, -0.2) is 193 Å². The van der Waals surface area contributed by atoms with Crippen LogP contribution < -0.4 is 5.32 Å². The van der Waals surface area contributed by atoms with E-state index in [2.05, 4.69) is 19.2 Å². The van der Waals surface area contributed by atoms with Crippen LogP contribution in [-0.2, 0) is 33.2 Å². The van der Waals surface area contributed by atoms with Gasteiger partial charge in [0.2, 0.25) is 5.91 Å². The summed E-state index contributed by atoms with van der Waals surface area (Å²) in [5, 5.41) is 119. The van der Waals surface area contributed by atoms with Crippen molar-refractivity contribution >= 4 is 5.91 Å². The van der Waals surface area contributed by atoms with E-state index in [1.54, 1.807) is 6.08 Å². The van der Waals surface area contributed by atoms with Crippen molar-refractivity contribution in [3.05, 3.63) is 12.2 Å². The van der Waals surface area contributed by atoms with Crippen LogP contribution in [0.1, 0.15) is 142 Å². The minimum atomic E-state index is -1.97. The highest BCUT2D eigenvalue weighted by Crippen LogP contribution is 2.33. The van der Waals surface area contributed by atoms with Crippen LogP contribution in [0.5, 0.6) is 0 Å². The van der Waals surface area contributed by atoms with Crippen LogP contribution >= 0.6 is 0 Å². The van der Waals surface area contributed by atoms with Gasteiger partial charge in [0.05, 0.1) is 38.6 Å². The Labute approximate surface area is 385 Å². The summed E-state index contributed by atoms with van der Waals surface area (Å²) in [6.45, 7) is 1.59. The maximum absolute atomic E-state index is 13.1. The number of ether oxygens (including phenoxy) is 6. The summed E-state index contributed by atoms with van der Waals surface area (Å²) in [5.74, 6) is -0.282. The fourth-order valence-electron chi connectivity index (χ4n) is 8.42. The van der Waals surface area contributed by atoms with Gasteiger partial charge in [-0.3, -0.25) is 4.79 Å². The molecule has 3 aliphatic heterocycles. The largest absolute Gasteiger partial charge is 0.394 e. The fourth-order valence-corrected chi connectivity index (χ4v) is 8.42. The molecule has 0 aliphatic carbocycles. The number of amides is 1. The minimum Gasteiger partial charge on any atom is -0.394 e. The molecule has 0 aromatic heterocycles. The topological polar surface area (TPSA) is 307 Å². The Hall–Kier alpha value is -1.47. The summed E-state index contributed by atoms with van der Waals surface area (Å²) in [7, 11) is 0. The fraction of sp³-hybridized carbons (Fsp3) is 0.935. The van der Waals surface area contributed by atoms with Crippen molar-refractivity contribution in [1.29, 1.82) is 0 Å². The van der Waals surface area contributed by atoms with Crippen LogP contribution in [0.4, 0.5) is 0 Å². The van der Waals surface area contributed by atoms with E-state index in [0.717, 1.165) is 51.4 Å². The summed E-state index contributed by atoms with van der Waals surface area (Å²) in [4.78, 5) is 13.1. The molecule has 0 radical (unpaired) electrons. The number of rotatable bonds is 33. The molecule has 17 atom stereocenters. The van der Waals surface area contributed by atoms with Crippen LogP contribution in [0.25, 0.3) is 0 Å². The van der Waals surface area contributed by atoms with E-state index in [1.165, 1.54) is 64.2 Å². The predicted molar refractivity (Wildman–Crippen MR) is 236 cm³/mol. The maximum atomic E-state index is 13.1. The van der Waals surface area contributed by atoms with E-state index in [0.29, 0.717) is 6.42 Å². The second-order valence-electron chi connectivity index (χ2n) is 17.9. The van der Waals surface area contributed by atoms with Crippen molar-refractivity contribution in [3.8, 4) is 0 Å². The van der Waals surface area contributed by atoms with Crippen LogP contribution in [0, 0.1) is 0 Å². The number of aliphatic hydroxyl groups excluding tert-OH is 11. The van der Waals surface area contributed by atoms with E-state index in [-0.39, 0.29) is 18.9 Å². The first-order chi connectivity index (χ1) is 31.3. The highest BCUT2D eigenvalue weighted by Gasteiger charge is 2.53. The molecule has 65 heavy (non-hydrogen) atoms. The quantitative estimate of drug-likeness (QED) is 0.0318. The summed E-state index contributed by atoms with van der Waals surface area (Å²) in [6, 6.07) is -0.962. The van der Waals surface area contributed by atoms with Gasteiger partial charge in [0.1, 0.15) is 73.2 Å². The molecular weight excluding hydrogens is 854 g/mol. The van der Waals surface area contributed by atoms with Gasteiger partial charge in [-0.1, -0.05) is 129 Å². The lowest BCUT2D eigenvalue weighted by molar-refractivity contribution is -0.379. The summed E-state index contributed by atoms with van der Waals surface area (Å²) in [5.41, 5.74) is 0. The second-order valence-corrected chi connectivity index (χ2v) is 17.9. The molecule has 17 unspecified atom stereocenters. The molecule has 3 saturated heterocycles. The van der Waals surface area contributed by atoms with E-state index < -0.39 is 124 Å². The van der Waals surface area contributed by atoms with Gasteiger partial charge in [-0.15, -0.1) is 0 Å². The Kier molecular flexibility index (Phi) is 28.8. The number of aliphatic hydroxyl groups is 11. The highest BCUT2D eigenvalue weighted by molar-refractivity contribution is 5.76. The van der Waals surface area contributed by atoms with Crippen LogP contribution in [0.15, 0.2) is 12.2 Å². The number of hydrogen-bond acceptors (Lipinski definition) is 18. The van der Waals surface area contributed by atoms with Gasteiger partial charge < -0.3 is 89.9 Å². The smallest absolute Gasteiger partial charge is 0.220 e. The zero-order valence-corrected chi connectivity index (χ0v) is 38.7. The van der Waals surface area contributed by atoms with Crippen molar-refractivity contribution in [1.82, 2.24) is 5.32 Å². The first-order valence-corrected chi connectivity index (χ1v) is 24.4. The normalized spacial score (nSPS) is 34.2. The first-order valence-electron chi connectivity index (χ1n) is 24.4. The van der Waals surface area contributed by atoms with Crippen molar-refractivity contribution in [2.24, 2.45) is 0 Å². The summed E-state index contributed by atoms with van der Waals surface area (Å²) < 4.78 is 33.9. The SMILES string of the molecule is CCCCCC/C=C/C(O)C(COC1OC(CO)C(OC2OC(CO)C(OC3OC(CO)C(O)C(O)C3O)C(O)C2O)C(O)C1O)NC(=O)CCCCCCCCCCCCCCCC. The van der Waals surface area contributed by atoms with Gasteiger partial charge in [0, 0.05) is 6.42 Å². The molecule has 0 bridgehead atoms. The molecule has 1 amide bonds. The Morgan fingerprint density at radius 3 is 1.45 bits per heavy atom. The summed E-state index contributed by atoms with van der Waals surface area (Å²) in [6.07, 6.45) is -1.56. The third kappa shape index (κ3) is 19.1. The van der Waals surface area contributed by atoms with Crippen molar-refractivity contribution in [2.75, 3.05) is 26.4 Å². The lowest BCUT2D eigenvalue weighted by atomic mass is 9.96. The average Bonchev–Trinajstić information content (AvgIpc) is 3.30. The van der Waals surface area contributed by atoms with Gasteiger partial charge in [-0.05, 0) is 19.3 Å². The summed E-state index contributed by atoms with van der Waals surface area (Å²) >= 11 is 0. The highest BCUT2D eigenvalue weighted by atomic mass is 16.8. The molecule has 3 rings (SSSR count). The maximum Gasteiger partial charge on any atom is 0.220 e. The van der Waals surface area contributed by atoms with Crippen molar-refractivity contribution in [2.45, 2.75) is 247 Å². The molecule has 19 heteroatoms. The molecule has 3 aliphatic rings. The van der Waals surface area contributed by atoms with Gasteiger partial charge in [0.15, 0.2) is 18.9 Å². The Bertz CT molecular complexity index is 1260. The lowest BCUT2D eigenvalue weighted by Gasteiger charge is -2.48. The molecule has 19 nitrogen and oxygen atoms in total. The molecule has 3 heterocycles. The molecule has 12 N–H and O–H groups in total. The zero-order chi connectivity index (χ0) is 47.7. The van der Waals surface area contributed by atoms with E-state index >= 15 is 0 Å². The lowest BCUT2D eigenvalue weighted by Crippen LogP contribution is -2.66. The number of carbonyl (C=O) groups is 1. The standard InChI is InChI=1S/C46H85NO18/c1-3-5-7-9-11-12-13-14-15-16-17-18-20-22-24-34(52)47-29(30(51)23-21-19-10-8-6-4-2)28-60-44-40(58)37(55)42(32(26-49)62-44)65-46-41(59)38(56)43(33(27-50)63-46)64-45-39(57)36(54)35(53)31(25-48)61-45/h21,23,29-33,35-46,48-51,53-59H,3-20,22,24-28H2,1-2H3,(H,47,52)/b23-21+. The van der Waals surface area contributed by atoms with Crippen molar-refractivity contribution in [3.63, 3.8) is 0 Å². The van der Waals surface area contributed by atoms with Crippen molar-refractivity contribution < 1.29 is 89.4 Å². The Morgan fingerprint density at radius 2 is 0.954 bits per heavy atom. The molecule has 382 valence electrons. The number of unbranched alkanes of at least 4 members (excludes halogenated alkanes) is 17.